The SMILES string of the molecule is Fc1ccc(CNc2ncc[nH]2)cc1Cl. The Kier molecular flexibility index (Phi) is 2.87. The number of rotatable bonds is 3. The lowest BCUT2D eigenvalue weighted by atomic mass is 10.2. The Balaban J connectivity index is 2.02. The predicted molar refractivity (Wildman–Crippen MR) is 57.3 cm³/mol. The molecule has 0 fully saturated rings. The van der Waals surface area contributed by atoms with Gasteiger partial charge in [0.2, 0.25) is 0 Å². The van der Waals surface area contributed by atoms with Crippen LogP contribution in [0, 0.1) is 5.82 Å². The number of hydrogen-bond donors (Lipinski definition) is 2. The van der Waals surface area contributed by atoms with E-state index in [0.717, 1.165) is 5.56 Å². The monoisotopic (exact) mass is 225 g/mol. The maximum absolute atomic E-state index is 12.8. The molecule has 0 saturated carbocycles. The van der Waals surface area contributed by atoms with Crippen LogP contribution >= 0.6 is 11.6 Å². The van der Waals surface area contributed by atoms with Gasteiger partial charge in [0.15, 0.2) is 5.95 Å². The smallest absolute Gasteiger partial charge is 0.200 e. The summed E-state index contributed by atoms with van der Waals surface area (Å²) in [7, 11) is 0. The molecule has 78 valence electrons. The molecule has 2 aromatic rings. The largest absolute Gasteiger partial charge is 0.352 e. The van der Waals surface area contributed by atoms with Gasteiger partial charge in [0.05, 0.1) is 5.02 Å². The van der Waals surface area contributed by atoms with E-state index in [1.54, 1.807) is 24.5 Å². The van der Waals surface area contributed by atoms with E-state index in [1.165, 1.54) is 6.07 Å². The van der Waals surface area contributed by atoms with E-state index >= 15 is 0 Å². The molecule has 1 aromatic carbocycles. The Bertz CT molecular complexity index is 442. The molecule has 1 heterocycles. The average molecular weight is 226 g/mol. The second-order valence-corrected chi connectivity index (χ2v) is 3.45. The van der Waals surface area contributed by atoms with Crippen LogP contribution < -0.4 is 5.32 Å². The van der Waals surface area contributed by atoms with Gasteiger partial charge in [0.25, 0.3) is 0 Å². The highest BCUT2D eigenvalue weighted by atomic mass is 35.5. The summed E-state index contributed by atoms with van der Waals surface area (Å²) in [5.41, 5.74) is 0.901. The highest BCUT2D eigenvalue weighted by Crippen LogP contribution is 2.16. The van der Waals surface area contributed by atoms with Gasteiger partial charge in [0.1, 0.15) is 5.82 Å². The van der Waals surface area contributed by atoms with Crippen molar-refractivity contribution in [3.63, 3.8) is 0 Å². The zero-order chi connectivity index (χ0) is 10.7. The molecule has 0 aliphatic rings. The highest BCUT2D eigenvalue weighted by molar-refractivity contribution is 6.30. The molecule has 0 amide bonds. The minimum atomic E-state index is -0.404. The van der Waals surface area contributed by atoms with Gasteiger partial charge in [-0.1, -0.05) is 17.7 Å². The third kappa shape index (κ3) is 2.47. The summed E-state index contributed by atoms with van der Waals surface area (Å²) in [4.78, 5) is 6.90. The topological polar surface area (TPSA) is 40.7 Å². The number of hydrogen-bond acceptors (Lipinski definition) is 2. The van der Waals surface area contributed by atoms with E-state index in [0.29, 0.717) is 12.5 Å². The van der Waals surface area contributed by atoms with Crippen LogP contribution in [0.4, 0.5) is 10.3 Å². The Morgan fingerprint density at radius 2 is 2.33 bits per heavy atom. The van der Waals surface area contributed by atoms with E-state index < -0.39 is 5.82 Å². The van der Waals surface area contributed by atoms with Gasteiger partial charge in [0, 0.05) is 18.9 Å². The molecule has 0 aliphatic carbocycles. The van der Waals surface area contributed by atoms with Crippen LogP contribution in [0.5, 0.6) is 0 Å². The third-order valence-corrected chi connectivity index (χ3v) is 2.23. The lowest BCUT2D eigenvalue weighted by molar-refractivity contribution is 0.627. The molecule has 0 unspecified atom stereocenters. The third-order valence-electron chi connectivity index (χ3n) is 1.94. The predicted octanol–water partition coefficient (Wildman–Crippen LogP) is 2.81. The zero-order valence-electron chi connectivity index (χ0n) is 7.80. The maximum Gasteiger partial charge on any atom is 0.200 e. The van der Waals surface area contributed by atoms with Crippen LogP contribution in [0.2, 0.25) is 5.02 Å². The Labute approximate surface area is 91.3 Å². The summed E-state index contributed by atoms with van der Waals surface area (Å²) in [6, 6.07) is 4.62. The molecular formula is C10H9ClFN3. The van der Waals surface area contributed by atoms with Gasteiger partial charge in [-0.25, -0.2) is 9.37 Å². The molecule has 0 radical (unpaired) electrons. The summed E-state index contributed by atoms with van der Waals surface area (Å²) in [5, 5.41) is 3.17. The molecule has 15 heavy (non-hydrogen) atoms. The molecule has 0 bridgehead atoms. The molecule has 0 aliphatic heterocycles. The lowest BCUT2D eigenvalue weighted by Crippen LogP contribution is -2.00. The number of imidazole rings is 1. The summed E-state index contributed by atoms with van der Waals surface area (Å²) in [5.74, 6) is 0.272. The van der Waals surface area contributed by atoms with Crippen molar-refractivity contribution < 1.29 is 4.39 Å². The van der Waals surface area contributed by atoms with Crippen LogP contribution in [0.1, 0.15) is 5.56 Å². The first kappa shape index (κ1) is 9.98. The van der Waals surface area contributed by atoms with Gasteiger partial charge in [-0.2, -0.15) is 0 Å². The van der Waals surface area contributed by atoms with Crippen LogP contribution in [-0.2, 0) is 6.54 Å². The van der Waals surface area contributed by atoms with E-state index in [-0.39, 0.29) is 5.02 Å². The number of aromatic amines is 1. The van der Waals surface area contributed by atoms with E-state index in [4.69, 9.17) is 11.6 Å². The van der Waals surface area contributed by atoms with Crippen molar-refractivity contribution in [3.05, 3.63) is 47.0 Å². The van der Waals surface area contributed by atoms with E-state index in [2.05, 4.69) is 15.3 Å². The minimum Gasteiger partial charge on any atom is -0.352 e. The number of benzene rings is 1. The van der Waals surface area contributed by atoms with Gasteiger partial charge >= 0.3 is 0 Å². The quantitative estimate of drug-likeness (QED) is 0.843. The van der Waals surface area contributed by atoms with Crippen LogP contribution in [0.3, 0.4) is 0 Å². The second-order valence-electron chi connectivity index (χ2n) is 3.04. The fourth-order valence-corrected chi connectivity index (χ4v) is 1.40. The molecule has 5 heteroatoms. The number of anilines is 1. The molecule has 2 N–H and O–H groups in total. The van der Waals surface area contributed by atoms with Crippen LogP contribution in [0.25, 0.3) is 0 Å². The number of H-pyrrole nitrogens is 1. The molecular weight excluding hydrogens is 217 g/mol. The van der Waals surface area contributed by atoms with Gasteiger partial charge in [-0.3, -0.25) is 0 Å². The number of aromatic nitrogens is 2. The zero-order valence-corrected chi connectivity index (χ0v) is 8.55. The van der Waals surface area contributed by atoms with Crippen LogP contribution in [-0.4, -0.2) is 9.97 Å². The Morgan fingerprint density at radius 1 is 1.47 bits per heavy atom. The van der Waals surface area contributed by atoms with Crippen molar-refractivity contribution in [2.45, 2.75) is 6.54 Å². The van der Waals surface area contributed by atoms with Crippen molar-refractivity contribution in [1.29, 1.82) is 0 Å². The summed E-state index contributed by atoms with van der Waals surface area (Å²) >= 11 is 5.65. The minimum absolute atomic E-state index is 0.133. The fourth-order valence-electron chi connectivity index (χ4n) is 1.20. The summed E-state index contributed by atoms with van der Waals surface area (Å²) in [6.45, 7) is 0.549. The summed E-state index contributed by atoms with van der Waals surface area (Å²) < 4.78 is 12.8. The van der Waals surface area contributed by atoms with Crippen LogP contribution in [0.15, 0.2) is 30.6 Å². The van der Waals surface area contributed by atoms with Crippen molar-refractivity contribution in [2.24, 2.45) is 0 Å². The van der Waals surface area contributed by atoms with E-state index in [1.807, 2.05) is 0 Å². The van der Waals surface area contributed by atoms with Gasteiger partial charge in [-0.15, -0.1) is 0 Å². The number of halogens is 2. The Morgan fingerprint density at radius 3 is 3.00 bits per heavy atom. The van der Waals surface area contributed by atoms with Crippen molar-refractivity contribution in [2.75, 3.05) is 5.32 Å². The van der Waals surface area contributed by atoms with Gasteiger partial charge < -0.3 is 10.3 Å². The summed E-state index contributed by atoms with van der Waals surface area (Å²) in [6.07, 6.45) is 3.37. The second kappa shape index (κ2) is 4.31. The maximum atomic E-state index is 12.8. The molecule has 0 spiro atoms. The van der Waals surface area contributed by atoms with Crippen molar-refractivity contribution in [1.82, 2.24) is 9.97 Å². The lowest BCUT2D eigenvalue weighted by Gasteiger charge is -2.03. The highest BCUT2D eigenvalue weighted by Gasteiger charge is 2.01. The number of nitrogens with one attached hydrogen (secondary N) is 2. The fraction of sp³-hybridized carbons (Fsp3) is 0.100. The van der Waals surface area contributed by atoms with Crippen molar-refractivity contribution in [3.8, 4) is 0 Å². The standard InChI is InChI=1S/C10H9ClFN3/c11-8-5-7(1-2-9(8)12)6-15-10-13-3-4-14-10/h1-5H,6H2,(H2,13,14,15). The van der Waals surface area contributed by atoms with Gasteiger partial charge in [-0.05, 0) is 17.7 Å². The first-order valence-corrected chi connectivity index (χ1v) is 4.80. The Hall–Kier alpha value is -1.55. The van der Waals surface area contributed by atoms with Crippen molar-refractivity contribution >= 4 is 17.5 Å². The first-order valence-electron chi connectivity index (χ1n) is 4.43. The molecule has 1 aromatic heterocycles. The first-order chi connectivity index (χ1) is 7.25. The normalized spacial score (nSPS) is 10.3. The molecule has 2 rings (SSSR count). The average Bonchev–Trinajstić information content (AvgIpc) is 2.73. The van der Waals surface area contributed by atoms with E-state index in [9.17, 15) is 4.39 Å². The molecule has 0 saturated heterocycles. The molecule has 0 atom stereocenters. The number of nitrogens with zero attached hydrogens (tertiary/aromatic N) is 1. The molecule has 3 nitrogen and oxygen atoms in total.